The first-order valence-corrected chi connectivity index (χ1v) is 10.6. The number of nitrogens with zero attached hydrogens (tertiary/aromatic N) is 4. The van der Waals surface area contributed by atoms with Crippen molar-refractivity contribution in [1.29, 1.82) is 0 Å². The summed E-state index contributed by atoms with van der Waals surface area (Å²) in [5.41, 5.74) is 2.43. The molecular formula is C25H23FN4O. The van der Waals surface area contributed by atoms with E-state index in [-0.39, 0.29) is 17.8 Å². The monoisotopic (exact) mass is 414 g/mol. The third-order valence-electron chi connectivity index (χ3n) is 5.99. The lowest BCUT2D eigenvalue weighted by Crippen LogP contribution is -2.38. The van der Waals surface area contributed by atoms with Gasteiger partial charge in [0.25, 0.3) is 5.91 Å². The third kappa shape index (κ3) is 3.93. The summed E-state index contributed by atoms with van der Waals surface area (Å²) >= 11 is 0. The molecular weight excluding hydrogens is 391 g/mol. The molecule has 1 saturated heterocycles. The number of hydrogen-bond donors (Lipinski definition) is 0. The van der Waals surface area contributed by atoms with Crippen molar-refractivity contribution in [3.63, 3.8) is 0 Å². The zero-order valence-electron chi connectivity index (χ0n) is 17.1. The molecule has 0 aliphatic carbocycles. The molecule has 0 unspecified atom stereocenters. The van der Waals surface area contributed by atoms with Gasteiger partial charge in [-0.1, -0.05) is 59.8 Å². The summed E-state index contributed by atoms with van der Waals surface area (Å²) in [7, 11) is 0. The first-order chi connectivity index (χ1) is 15.2. The maximum absolute atomic E-state index is 13.4. The number of piperidine rings is 1. The molecule has 31 heavy (non-hydrogen) atoms. The Morgan fingerprint density at radius 3 is 2.68 bits per heavy atom. The predicted octanol–water partition coefficient (Wildman–Crippen LogP) is 4.99. The fraction of sp³-hybridized carbons (Fsp3) is 0.240. The Kier molecular flexibility index (Phi) is 5.20. The van der Waals surface area contributed by atoms with E-state index in [4.69, 9.17) is 0 Å². The first-order valence-electron chi connectivity index (χ1n) is 10.6. The molecule has 1 aromatic heterocycles. The first kappa shape index (κ1) is 19.4. The van der Waals surface area contributed by atoms with Gasteiger partial charge in [0, 0.05) is 6.54 Å². The molecule has 5 rings (SSSR count). The molecule has 2 heterocycles. The maximum atomic E-state index is 13.4. The van der Waals surface area contributed by atoms with Crippen LogP contribution in [0, 0.1) is 5.82 Å². The molecule has 0 bridgehead atoms. The molecule has 156 valence electrons. The van der Waals surface area contributed by atoms with Crippen molar-refractivity contribution in [2.75, 3.05) is 6.54 Å². The van der Waals surface area contributed by atoms with Crippen LogP contribution >= 0.6 is 0 Å². The van der Waals surface area contributed by atoms with E-state index in [2.05, 4.69) is 34.6 Å². The van der Waals surface area contributed by atoms with Crippen LogP contribution < -0.4 is 0 Å². The quantitative estimate of drug-likeness (QED) is 0.473. The van der Waals surface area contributed by atoms with Gasteiger partial charge in [-0.3, -0.25) is 4.79 Å². The number of benzene rings is 3. The molecule has 1 fully saturated rings. The standard InChI is InChI=1S/C25H23FN4O/c26-21-13-11-19(12-14-21)24-10-3-4-15-30(24)25(31)23-17-29(28-27-23)16-20-8-5-7-18-6-1-2-9-22(18)20/h1-2,5-9,11-14,17,24H,3-4,10,15-16H2/t24-/m0/s1. The SMILES string of the molecule is O=C(c1cn(Cc2cccc3ccccc23)nn1)N1CCCC[C@H]1c1ccc(F)cc1. The topological polar surface area (TPSA) is 51.0 Å². The Labute approximate surface area is 180 Å². The Bertz CT molecular complexity index is 1210. The van der Waals surface area contributed by atoms with Crippen molar-refractivity contribution in [2.45, 2.75) is 31.8 Å². The maximum Gasteiger partial charge on any atom is 0.276 e. The zero-order chi connectivity index (χ0) is 21.2. The average Bonchev–Trinajstić information content (AvgIpc) is 3.28. The normalized spacial score (nSPS) is 16.5. The van der Waals surface area contributed by atoms with Gasteiger partial charge >= 0.3 is 0 Å². The van der Waals surface area contributed by atoms with E-state index in [1.807, 2.05) is 23.1 Å². The predicted molar refractivity (Wildman–Crippen MR) is 117 cm³/mol. The van der Waals surface area contributed by atoms with E-state index < -0.39 is 0 Å². The van der Waals surface area contributed by atoms with Gasteiger partial charge in [0.05, 0.1) is 18.8 Å². The van der Waals surface area contributed by atoms with Crippen LogP contribution in [0.25, 0.3) is 10.8 Å². The molecule has 1 atom stereocenters. The summed E-state index contributed by atoms with van der Waals surface area (Å²) < 4.78 is 15.1. The largest absolute Gasteiger partial charge is 0.330 e. The Morgan fingerprint density at radius 2 is 1.81 bits per heavy atom. The van der Waals surface area contributed by atoms with Crippen molar-refractivity contribution in [2.24, 2.45) is 0 Å². The second-order valence-electron chi connectivity index (χ2n) is 8.00. The molecule has 0 radical (unpaired) electrons. The molecule has 0 saturated carbocycles. The van der Waals surface area contributed by atoms with E-state index in [1.54, 1.807) is 23.0 Å². The molecule has 3 aromatic carbocycles. The number of hydrogen-bond acceptors (Lipinski definition) is 3. The minimum absolute atomic E-state index is 0.0648. The van der Waals surface area contributed by atoms with Gasteiger partial charge in [-0.25, -0.2) is 9.07 Å². The summed E-state index contributed by atoms with van der Waals surface area (Å²) in [6.45, 7) is 1.21. The van der Waals surface area contributed by atoms with Crippen LogP contribution in [-0.4, -0.2) is 32.3 Å². The number of likely N-dealkylation sites (tertiary alicyclic amines) is 1. The number of aromatic nitrogens is 3. The summed E-state index contributed by atoms with van der Waals surface area (Å²) in [5, 5.41) is 10.7. The summed E-state index contributed by atoms with van der Waals surface area (Å²) in [6.07, 6.45) is 4.58. The van der Waals surface area contributed by atoms with Crippen molar-refractivity contribution in [1.82, 2.24) is 19.9 Å². The highest BCUT2D eigenvalue weighted by Gasteiger charge is 2.30. The molecule has 1 aliphatic heterocycles. The highest BCUT2D eigenvalue weighted by Crippen LogP contribution is 2.32. The van der Waals surface area contributed by atoms with Crippen molar-refractivity contribution < 1.29 is 9.18 Å². The Morgan fingerprint density at radius 1 is 1.00 bits per heavy atom. The van der Waals surface area contributed by atoms with Crippen molar-refractivity contribution in [3.8, 4) is 0 Å². The number of fused-ring (bicyclic) bond motifs is 1. The van der Waals surface area contributed by atoms with Crippen molar-refractivity contribution >= 4 is 16.7 Å². The average molecular weight is 414 g/mol. The molecule has 1 amide bonds. The second kappa shape index (κ2) is 8.30. The minimum atomic E-state index is -0.270. The van der Waals surface area contributed by atoms with Crippen LogP contribution in [0.15, 0.2) is 72.9 Å². The van der Waals surface area contributed by atoms with Gasteiger partial charge in [0.15, 0.2) is 5.69 Å². The number of amides is 1. The highest BCUT2D eigenvalue weighted by atomic mass is 19.1. The Balaban J connectivity index is 1.38. The highest BCUT2D eigenvalue weighted by molar-refractivity contribution is 5.92. The number of carbonyl (C=O) groups excluding carboxylic acids is 1. The van der Waals surface area contributed by atoms with Gasteiger partial charge < -0.3 is 4.90 Å². The molecule has 4 aromatic rings. The lowest BCUT2D eigenvalue weighted by molar-refractivity contribution is 0.0605. The van der Waals surface area contributed by atoms with Gasteiger partial charge in [-0.15, -0.1) is 5.10 Å². The lowest BCUT2D eigenvalue weighted by atomic mass is 9.95. The molecule has 1 aliphatic rings. The smallest absolute Gasteiger partial charge is 0.276 e. The van der Waals surface area contributed by atoms with Crippen LogP contribution in [0.3, 0.4) is 0 Å². The number of halogens is 1. The van der Waals surface area contributed by atoms with E-state index in [9.17, 15) is 9.18 Å². The van der Waals surface area contributed by atoms with Crippen LogP contribution in [0.2, 0.25) is 0 Å². The Hall–Kier alpha value is -3.54. The van der Waals surface area contributed by atoms with Gasteiger partial charge in [-0.2, -0.15) is 0 Å². The summed E-state index contributed by atoms with van der Waals surface area (Å²) in [6, 6.07) is 20.8. The molecule has 5 nitrogen and oxygen atoms in total. The lowest BCUT2D eigenvalue weighted by Gasteiger charge is -2.35. The minimum Gasteiger partial charge on any atom is -0.330 e. The van der Waals surface area contributed by atoms with Crippen molar-refractivity contribution in [3.05, 3.63) is 95.6 Å². The fourth-order valence-corrected chi connectivity index (χ4v) is 4.43. The van der Waals surface area contributed by atoms with Crippen LogP contribution in [0.1, 0.15) is 46.9 Å². The summed E-state index contributed by atoms with van der Waals surface area (Å²) in [4.78, 5) is 15.1. The number of rotatable bonds is 4. The summed E-state index contributed by atoms with van der Waals surface area (Å²) in [5.74, 6) is -0.396. The van der Waals surface area contributed by atoms with E-state index in [0.717, 1.165) is 30.4 Å². The molecule has 0 spiro atoms. The number of carbonyl (C=O) groups is 1. The van der Waals surface area contributed by atoms with Gasteiger partial charge in [0.2, 0.25) is 0 Å². The third-order valence-corrected chi connectivity index (χ3v) is 5.99. The van der Waals surface area contributed by atoms with E-state index >= 15 is 0 Å². The van der Waals surface area contributed by atoms with Crippen LogP contribution in [0.4, 0.5) is 4.39 Å². The van der Waals surface area contributed by atoms with E-state index in [1.165, 1.54) is 22.9 Å². The second-order valence-corrected chi connectivity index (χ2v) is 8.00. The van der Waals surface area contributed by atoms with Gasteiger partial charge in [0.1, 0.15) is 5.82 Å². The van der Waals surface area contributed by atoms with E-state index in [0.29, 0.717) is 18.8 Å². The molecule has 0 N–H and O–H groups in total. The van der Waals surface area contributed by atoms with Crippen LogP contribution in [0.5, 0.6) is 0 Å². The van der Waals surface area contributed by atoms with Gasteiger partial charge in [-0.05, 0) is 53.3 Å². The zero-order valence-corrected chi connectivity index (χ0v) is 17.1. The molecule has 6 heteroatoms. The van der Waals surface area contributed by atoms with Crippen LogP contribution in [-0.2, 0) is 6.54 Å². The fourth-order valence-electron chi connectivity index (χ4n) is 4.43.